The third-order valence-electron chi connectivity index (χ3n) is 6.20. The molecule has 0 saturated heterocycles. The first-order valence-corrected chi connectivity index (χ1v) is 11.9. The van der Waals surface area contributed by atoms with Crippen LogP contribution in [0.4, 0.5) is 0 Å². The maximum atomic E-state index is 13.4. The SMILES string of the molecule is CCCCCN1C(=O)C(C#N)=C(C)/C(=C\c2cn(-c3ccccc3)nc2-c2ccc(C)cc2)C1=O. The van der Waals surface area contributed by atoms with E-state index in [1.54, 1.807) is 17.7 Å². The highest BCUT2D eigenvalue weighted by Gasteiger charge is 2.35. The van der Waals surface area contributed by atoms with Gasteiger partial charge >= 0.3 is 0 Å². The van der Waals surface area contributed by atoms with Crippen LogP contribution < -0.4 is 0 Å². The standard InChI is InChI=1S/C29H28N4O2/c1-4-5-9-16-32-28(34)25(21(3)26(18-30)29(32)35)17-23-19-33(24-10-7-6-8-11-24)31-27(23)22-14-12-20(2)13-15-22/h6-8,10-15,17,19H,4-5,9,16H2,1-3H3/b25-17+. The molecule has 1 aliphatic heterocycles. The Labute approximate surface area is 205 Å². The number of unbranched alkanes of at least 4 members (excludes halogenated alkanes) is 2. The number of aromatic nitrogens is 2. The molecular weight excluding hydrogens is 436 g/mol. The van der Waals surface area contributed by atoms with Crippen molar-refractivity contribution in [2.75, 3.05) is 6.54 Å². The van der Waals surface area contributed by atoms with Crippen LogP contribution in [0.2, 0.25) is 0 Å². The number of nitriles is 1. The van der Waals surface area contributed by atoms with Gasteiger partial charge in [-0.2, -0.15) is 10.4 Å². The third kappa shape index (κ3) is 4.85. The van der Waals surface area contributed by atoms with Gasteiger partial charge < -0.3 is 0 Å². The van der Waals surface area contributed by atoms with Crippen molar-refractivity contribution in [2.45, 2.75) is 40.0 Å². The Morgan fingerprint density at radius 2 is 1.69 bits per heavy atom. The molecular formula is C29H28N4O2. The van der Waals surface area contributed by atoms with Crippen LogP contribution in [-0.4, -0.2) is 33.0 Å². The van der Waals surface area contributed by atoms with E-state index in [-0.39, 0.29) is 11.5 Å². The zero-order valence-corrected chi connectivity index (χ0v) is 20.3. The lowest BCUT2D eigenvalue weighted by Crippen LogP contribution is -2.43. The Kier molecular flexibility index (Phi) is 7.07. The van der Waals surface area contributed by atoms with Crippen LogP contribution >= 0.6 is 0 Å². The Morgan fingerprint density at radius 3 is 2.34 bits per heavy atom. The molecule has 0 aliphatic carbocycles. The van der Waals surface area contributed by atoms with Crippen molar-refractivity contribution in [2.24, 2.45) is 0 Å². The van der Waals surface area contributed by atoms with Gasteiger partial charge in [-0.05, 0) is 44.1 Å². The predicted octanol–water partition coefficient (Wildman–Crippen LogP) is 5.63. The van der Waals surface area contributed by atoms with E-state index in [2.05, 4.69) is 6.92 Å². The lowest BCUT2D eigenvalue weighted by Gasteiger charge is -2.27. The minimum atomic E-state index is -0.512. The van der Waals surface area contributed by atoms with Crippen LogP contribution in [-0.2, 0) is 9.59 Å². The smallest absolute Gasteiger partial charge is 0.271 e. The quantitative estimate of drug-likeness (QED) is 0.258. The molecule has 1 aliphatic rings. The summed E-state index contributed by atoms with van der Waals surface area (Å²) in [6.07, 6.45) is 6.22. The van der Waals surface area contributed by atoms with Crippen molar-refractivity contribution < 1.29 is 9.59 Å². The summed E-state index contributed by atoms with van der Waals surface area (Å²) in [6.45, 7) is 6.05. The Hall–Kier alpha value is -4.24. The summed E-state index contributed by atoms with van der Waals surface area (Å²) in [5, 5.41) is 14.5. The molecule has 4 rings (SSSR count). The highest BCUT2D eigenvalue weighted by Crippen LogP contribution is 2.31. The molecule has 0 saturated carbocycles. The number of amides is 2. The number of nitrogens with zero attached hydrogens (tertiary/aromatic N) is 4. The number of aryl methyl sites for hydroxylation is 1. The summed E-state index contributed by atoms with van der Waals surface area (Å²) in [5.41, 5.74) is 5.16. The summed E-state index contributed by atoms with van der Waals surface area (Å²) in [5.74, 6) is -0.882. The van der Waals surface area contributed by atoms with E-state index in [0.717, 1.165) is 40.9 Å². The molecule has 2 aromatic carbocycles. The molecule has 6 heteroatoms. The maximum absolute atomic E-state index is 13.4. The molecule has 2 heterocycles. The summed E-state index contributed by atoms with van der Waals surface area (Å²) in [7, 11) is 0. The molecule has 1 aromatic heterocycles. The Balaban J connectivity index is 1.86. The van der Waals surface area contributed by atoms with E-state index < -0.39 is 5.91 Å². The number of carbonyl (C=O) groups is 2. The van der Waals surface area contributed by atoms with E-state index in [9.17, 15) is 14.9 Å². The van der Waals surface area contributed by atoms with Gasteiger partial charge in [0.25, 0.3) is 11.8 Å². The van der Waals surface area contributed by atoms with Gasteiger partial charge in [-0.3, -0.25) is 14.5 Å². The summed E-state index contributed by atoms with van der Waals surface area (Å²) >= 11 is 0. The number of imide groups is 1. The third-order valence-corrected chi connectivity index (χ3v) is 6.20. The summed E-state index contributed by atoms with van der Waals surface area (Å²) < 4.78 is 1.78. The molecule has 0 atom stereocenters. The predicted molar refractivity (Wildman–Crippen MR) is 136 cm³/mol. The highest BCUT2D eigenvalue weighted by molar-refractivity contribution is 6.19. The molecule has 35 heavy (non-hydrogen) atoms. The summed E-state index contributed by atoms with van der Waals surface area (Å²) in [4.78, 5) is 27.5. The average Bonchev–Trinajstić information content (AvgIpc) is 3.29. The van der Waals surface area contributed by atoms with Crippen molar-refractivity contribution in [3.63, 3.8) is 0 Å². The average molecular weight is 465 g/mol. The van der Waals surface area contributed by atoms with Gasteiger partial charge in [-0.15, -0.1) is 0 Å². The molecule has 2 amide bonds. The first-order chi connectivity index (χ1) is 16.9. The van der Waals surface area contributed by atoms with Gasteiger partial charge in [0.05, 0.1) is 11.4 Å². The normalized spacial score (nSPS) is 15.1. The molecule has 0 radical (unpaired) electrons. The van der Waals surface area contributed by atoms with Crippen molar-refractivity contribution in [1.29, 1.82) is 5.26 Å². The Bertz CT molecular complexity index is 1360. The lowest BCUT2D eigenvalue weighted by atomic mass is 9.93. The van der Waals surface area contributed by atoms with Crippen molar-refractivity contribution >= 4 is 17.9 Å². The van der Waals surface area contributed by atoms with Crippen molar-refractivity contribution in [3.05, 3.63) is 88.6 Å². The van der Waals surface area contributed by atoms with Crippen LogP contribution in [0.25, 0.3) is 23.0 Å². The van der Waals surface area contributed by atoms with Crippen LogP contribution in [0.15, 0.2) is 77.5 Å². The van der Waals surface area contributed by atoms with Crippen LogP contribution in [0.5, 0.6) is 0 Å². The molecule has 0 fully saturated rings. The van der Waals surface area contributed by atoms with Crippen LogP contribution in [0.1, 0.15) is 44.2 Å². The zero-order valence-electron chi connectivity index (χ0n) is 20.3. The zero-order chi connectivity index (χ0) is 24.9. The van der Waals surface area contributed by atoms with E-state index in [4.69, 9.17) is 5.10 Å². The molecule has 0 N–H and O–H groups in total. The minimum Gasteiger partial charge on any atom is -0.274 e. The number of hydrogen-bond acceptors (Lipinski definition) is 4. The van der Waals surface area contributed by atoms with Crippen molar-refractivity contribution in [3.8, 4) is 23.0 Å². The molecule has 0 unspecified atom stereocenters. The second-order valence-corrected chi connectivity index (χ2v) is 8.72. The first kappa shape index (κ1) is 23.9. The van der Waals surface area contributed by atoms with Crippen LogP contribution in [0.3, 0.4) is 0 Å². The van der Waals surface area contributed by atoms with Gasteiger partial charge in [0.2, 0.25) is 0 Å². The second-order valence-electron chi connectivity index (χ2n) is 8.72. The fourth-order valence-corrected chi connectivity index (χ4v) is 4.15. The topological polar surface area (TPSA) is 79.0 Å². The number of para-hydroxylation sites is 1. The van der Waals surface area contributed by atoms with Crippen molar-refractivity contribution in [1.82, 2.24) is 14.7 Å². The largest absolute Gasteiger partial charge is 0.274 e. The molecule has 0 spiro atoms. The second kappa shape index (κ2) is 10.4. The highest BCUT2D eigenvalue weighted by atomic mass is 16.2. The first-order valence-electron chi connectivity index (χ1n) is 11.9. The van der Waals surface area contributed by atoms with E-state index in [1.165, 1.54) is 4.90 Å². The Morgan fingerprint density at radius 1 is 0.971 bits per heavy atom. The number of carbonyl (C=O) groups excluding carboxylic acids is 2. The van der Waals surface area contributed by atoms with Gasteiger partial charge in [-0.25, -0.2) is 4.68 Å². The number of rotatable bonds is 7. The van der Waals surface area contributed by atoms with E-state index in [0.29, 0.717) is 24.1 Å². The van der Waals surface area contributed by atoms with Gasteiger partial charge in [0, 0.05) is 29.4 Å². The minimum absolute atomic E-state index is 0.0136. The molecule has 176 valence electrons. The lowest BCUT2D eigenvalue weighted by molar-refractivity contribution is -0.140. The molecule has 0 bridgehead atoms. The monoisotopic (exact) mass is 464 g/mol. The molecule has 3 aromatic rings. The van der Waals surface area contributed by atoms with E-state index >= 15 is 0 Å². The van der Waals surface area contributed by atoms with E-state index in [1.807, 2.05) is 73.8 Å². The maximum Gasteiger partial charge on any atom is 0.271 e. The number of hydrogen-bond donors (Lipinski definition) is 0. The van der Waals surface area contributed by atoms with Gasteiger partial charge in [-0.1, -0.05) is 67.8 Å². The van der Waals surface area contributed by atoms with Gasteiger partial charge in [0.1, 0.15) is 11.6 Å². The number of benzene rings is 2. The van der Waals surface area contributed by atoms with Crippen LogP contribution in [0, 0.1) is 18.3 Å². The fraction of sp³-hybridized carbons (Fsp3) is 0.241. The van der Waals surface area contributed by atoms with Gasteiger partial charge in [0.15, 0.2) is 0 Å². The molecule has 6 nitrogen and oxygen atoms in total. The fourth-order valence-electron chi connectivity index (χ4n) is 4.15. The summed E-state index contributed by atoms with van der Waals surface area (Å²) in [6, 6.07) is 19.8.